The number of halogens is 2. The molecule has 1 N–H and O–H groups in total. The molecule has 4 nitrogen and oxygen atoms in total. The van der Waals surface area contributed by atoms with Gasteiger partial charge in [0.05, 0.1) is 27.2 Å². The summed E-state index contributed by atoms with van der Waals surface area (Å²) in [6.45, 7) is 3.59. The van der Waals surface area contributed by atoms with Gasteiger partial charge in [-0.1, -0.05) is 47.5 Å². The number of benzene rings is 2. The van der Waals surface area contributed by atoms with Gasteiger partial charge in [-0.2, -0.15) is 0 Å². The van der Waals surface area contributed by atoms with E-state index in [1.807, 2.05) is 36.1 Å². The molecule has 4 aromatic rings. The van der Waals surface area contributed by atoms with Crippen LogP contribution in [0.5, 0.6) is 0 Å². The smallest absolute Gasteiger partial charge is 0.227 e. The van der Waals surface area contributed by atoms with E-state index >= 15 is 0 Å². The lowest BCUT2D eigenvalue weighted by Gasteiger charge is -2.31. The van der Waals surface area contributed by atoms with E-state index < -0.39 is 0 Å². The number of aryl methyl sites for hydroxylation is 1. The molecular weight excluding hydrogens is 461 g/mol. The fraction of sp³-hybridized carbons (Fsp3) is 0.280. The summed E-state index contributed by atoms with van der Waals surface area (Å²) >= 11 is 13.9. The molecule has 1 aliphatic heterocycles. The molecule has 0 saturated carbocycles. The van der Waals surface area contributed by atoms with Crippen molar-refractivity contribution >= 4 is 51.3 Å². The van der Waals surface area contributed by atoms with Gasteiger partial charge in [-0.15, -0.1) is 11.3 Å². The van der Waals surface area contributed by atoms with Crippen molar-refractivity contribution in [1.29, 1.82) is 0 Å². The maximum absolute atomic E-state index is 13.0. The first-order chi connectivity index (χ1) is 15.5. The molecule has 0 unspecified atom stereocenters. The van der Waals surface area contributed by atoms with Gasteiger partial charge >= 0.3 is 0 Å². The SMILES string of the molecule is Cc1[nH]c2ccccc2c1CC(=O)N1CCC(c2nc(-c3ccc(Cl)c(Cl)c3)cs2)CC1. The number of fused-ring (bicyclic) bond motifs is 1. The third-order valence-corrected chi connectivity index (χ3v) is 8.04. The van der Waals surface area contributed by atoms with Gasteiger partial charge < -0.3 is 9.88 Å². The minimum absolute atomic E-state index is 0.201. The van der Waals surface area contributed by atoms with Crippen LogP contribution < -0.4 is 0 Å². The van der Waals surface area contributed by atoms with Gasteiger partial charge in [0.25, 0.3) is 0 Å². The molecule has 164 valence electrons. The van der Waals surface area contributed by atoms with Crippen LogP contribution in [0.2, 0.25) is 10.0 Å². The summed E-state index contributed by atoms with van der Waals surface area (Å²) in [5.74, 6) is 0.585. The van der Waals surface area contributed by atoms with Crippen LogP contribution in [0.3, 0.4) is 0 Å². The zero-order chi connectivity index (χ0) is 22.2. The lowest BCUT2D eigenvalue weighted by atomic mass is 9.96. The number of aromatic nitrogens is 2. The van der Waals surface area contributed by atoms with E-state index in [-0.39, 0.29) is 5.91 Å². The molecule has 32 heavy (non-hydrogen) atoms. The Morgan fingerprint density at radius 2 is 1.94 bits per heavy atom. The third kappa shape index (κ3) is 4.17. The van der Waals surface area contributed by atoms with E-state index in [0.717, 1.165) is 64.4 Å². The van der Waals surface area contributed by atoms with Crippen molar-refractivity contribution in [3.05, 3.63) is 74.2 Å². The zero-order valence-electron chi connectivity index (χ0n) is 17.7. The first-order valence-electron chi connectivity index (χ1n) is 10.7. The summed E-state index contributed by atoms with van der Waals surface area (Å²) in [7, 11) is 0. The molecule has 5 rings (SSSR count). The topological polar surface area (TPSA) is 49.0 Å². The number of hydrogen-bond acceptors (Lipinski definition) is 3. The van der Waals surface area contributed by atoms with Crippen LogP contribution in [0.4, 0.5) is 0 Å². The van der Waals surface area contributed by atoms with Crippen molar-refractivity contribution in [1.82, 2.24) is 14.9 Å². The van der Waals surface area contributed by atoms with Crippen molar-refractivity contribution in [2.75, 3.05) is 13.1 Å². The highest BCUT2D eigenvalue weighted by Crippen LogP contribution is 2.35. The molecule has 1 saturated heterocycles. The van der Waals surface area contributed by atoms with Crippen LogP contribution in [0.15, 0.2) is 47.8 Å². The Bertz CT molecular complexity index is 1290. The van der Waals surface area contributed by atoms with E-state index in [4.69, 9.17) is 28.2 Å². The van der Waals surface area contributed by atoms with Crippen molar-refractivity contribution in [3.63, 3.8) is 0 Å². The van der Waals surface area contributed by atoms with Crippen LogP contribution >= 0.6 is 34.5 Å². The second-order valence-electron chi connectivity index (χ2n) is 8.31. The Morgan fingerprint density at radius 3 is 2.72 bits per heavy atom. The number of nitrogens with one attached hydrogen (secondary N) is 1. The van der Waals surface area contributed by atoms with Gasteiger partial charge in [-0.05, 0) is 43.5 Å². The van der Waals surface area contributed by atoms with Crippen molar-refractivity contribution < 1.29 is 4.79 Å². The molecular formula is C25H23Cl2N3OS. The molecule has 2 aromatic carbocycles. The lowest BCUT2D eigenvalue weighted by Crippen LogP contribution is -2.38. The van der Waals surface area contributed by atoms with E-state index in [1.54, 1.807) is 17.4 Å². The number of para-hydroxylation sites is 1. The average molecular weight is 484 g/mol. The summed E-state index contributed by atoms with van der Waals surface area (Å²) in [6, 6.07) is 13.8. The summed E-state index contributed by atoms with van der Waals surface area (Å²) in [6.07, 6.45) is 2.32. The number of aromatic amines is 1. The molecule has 3 heterocycles. The molecule has 1 amide bonds. The Kier molecular flexibility index (Phi) is 5.97. The second kappa shape index (κ2) is 8.89. The average Bonchev–Trinajstić information content (AvgIpc) is 3.41. The Balaban J connectivity index is 1.23. The summed E-state index contributed by atoms with van der Waals surface area (Å²) < 4.78 is 0. The van der Waals surface area contributed by atoms with E-state index in [0.29, 0.717) is 22.4 Å². The van der Waals surface area contributed by atoms with Crippen molar-refractivity contribution in [2.24, 2.45) is 0 Å². The van der Waals surface area contributed by atoms with Gasteiger partial charge in [0.15, 0.2) is 0 Å². The van der Waals surface area contributed by atoms with E-state index in [2.05, 4.69) is 22.5 Å². The Hall–Kier alpha value is -2.34. The monoisotopic (exact) mass is 483 g/mol. The van der Waals surface area contributed by atoms with Crippen molar-refractivity contribution in [3.8, 4) is 11.3 Å². The number of carbonyl (C=O) groups excluding carboxylic acids is 1. The number of hydrogen-bond donors (Lipinski definition) is 1. The number of likely N-dealkylation sites (tertiary alicyclic amines) is 1. The summed E-state index contributed by atoms with van der Waals surface area (Å²) in [5, 5.41) is 5.44. The van der Waals surface area contributed by atoms with Gasteiger partial charge in [0.1, 0.15) is 0 Å². The molecule has 7 heteroatoms. The predicted molar refractivity (Wildman–Crippen MR) is 133 cm³/mol. The molecule has 0 radical (unpaired) electrons. The lowest BCUT2D eigenvalue weighted by molar-refractivity contribution is -0.131. The number of carbonyl (C=O) groups is 1. The number of nitrogens with zero attached hydrogens (tertiary/aromatic N) is 2. The summed E-state index contributed by atoms with van der Waals surface area (Å²) in [5.41, 5.74) is 5.18. The maximum atomic E-state index is 13.0. The highest BCUT2D eigenvalue weighted by Gasteiger charge is 2.26. The molecule has 0 atom stereocenters. The molecule has 1 fully saturated rings. The van der Waals surface area contributed by atoms with Gasteiger partial charge in [0.2, 0.25) is 5.91 Å². The standard InChI is InChI=1S/C25H23Cl2N3OS/c1-15-19(18-4-2-3-5-22(18)28-15)13-24(31)30-10-8-16(9-11-30)25-29-23(14-32-25)17-6-7-20(26)21(27)12-17/h2-7,12,14,16,28H,8-11,13H2,1H3. The predicted octanol–water partition coefficient (Wildman–Crippen LogP) is 6.86. The third-order valence-electron chi connectivity index (χ3n) is 6.29. The minimum atomic E-state index is 0.201. The molecule has 1 aliphatic rings. The number of H-pyrrole nitrogens is 1. The summed E-state index contributed by atoms with van der Waals surface area (Å²) in [4.78, 5) is 23.3. The van der Waals surface area contributed by atoms with Crippen LogP contribution in [0, 0.1) is 6.92 Å². The molecule has 0 aliphatic carbocycles. The number of amides is 1. The van der Waals surface area contributed by atoms with Gasteiger partial charge in [-0.25, -0.2) is 4.98 Å². The first kappa shape index (κ1) is 21.5. The second-order valence-corrected chi connectivity index (χ2v) is 10.0. The Labute approximate surface area is 201 Å². The van der Waals surface area contributed by atoms with Crippen LogP contribution in [0.1, 0.15) is 35.0 Å². The van der Waals surface area contributed by atoms with Crippen LogP contribution in [-0.2, 0) is 11.2 Å². The molecule has 0 spiro atoms. The van der Waals surface area contributed by atoms with Crippen molar-refractivity contribution in [2.45, 2.75) is 32.1 Å². The van der Waals surface area contributed by atoms with Crippen LogP contribution in [0.25, 0.3) is 22.2 Å². The van der Waals surface area contributed by atoms with Gasteiger partial charge in [0, 0.05) is 46.5 Å². The highest BCUT2D eigenvalue weighted by molar-refractivity contribution is 7.10. The van der Waals surface area contributed by atoms with Gasteiger partial charge in [-0.3, -0.25) is 4.79 Å². The normalized spacial score (nSPS) is 14.9. The van der Waals surface area contributed by atoms with Crippen LogP contribution in [-0.4, -0.2) is 33.9 Å². The largest absolute Gasteiger partial charge is 0.358 e. The minimum Gasteiger partial charge on any atom is -0.358 e. The number of thiazole rings is 1. The number of piperidine rings is 1. The fourth-order valence-electron chi connectivity index (χ4n) is 4.46. The molecule has 0 bridgehead atoms. The van der Waals surface area contributed by atoms with E-state index in [9.17, 15) is 4.79 Å². The quantitative estimate of drug-likeness (QED) is 0.344. The Morgan fingerprint density at radius 1 is 1.16 bits per heavy atom. The fourth-order valence-corrected chi connectivity index (χ4v) is 5.76. The highest BCUT2D eigenvalue weighted by atomic mass is 35.5. The first-order valence-corrected chi connectivity index (χ1v) is 12.4. The number of rotatable bonds is 4. The molecule has 2 aromatic heterocycles. The zero-order valence-corrected chi connectivity index (χ0v) is 20.0. The van der Waals surface area contributed by atoms with E-state index in [1.165, 1.54) is 0 Å². The maximum Gasteiger partial charge on any atom is 0.227 e.